The molecule has 25 heavy (non-hydrogen) atoms. The number of rotatable bonds is 2. The van der Waals surface area contributed by atoms with Crippen molar-refractivity contribution in [3.8, 4) is 11.8 Å². The molecule has 2 aromatic rings. The fourth-order valence-electron chi connectivity index (χ4n) is 2.76. The topological polar surface area (TPSA) is 19.4 Å². The summed E-state index contributed by atoms with van der Waals surface area (Å²) in [6.45, 7) is 2.95. The molecule has 1 aliphatic rings. The lowest BCUT2D eigenvalue weighted by atomic mass is 10.2. The zero-order chi connectivity index (χ0) is 17.7. The summed E-state index contributed by atoms with van der Waals surface area (Å²) < 4.78 is 39.3. The minimum absolute atomic E-state index is 0.0185. The molecular formula is C19H18F3N3. The Balaban J connectivity index is 1.59. The van der Waals surface area contributed by atoms with Crippen LogP contribution in [-0.2, 0) is 6.18 Å². The van der Waals surface area contributed by atoms with Crippen molar-refractivity contribution < 1.29 is 13.2 Å². The average Bonchev–Trinajstić information content (AvgIpc) is 2.63. The van der Waals surface area contributed by atoms with Crippen molar-refractivity contribution in [1.82, 2.24) is 9.88 Å². The Kier molecular flexibility index (Phi) is 5.25. The van der Waals surface area contributed by atoms with Gasteiger partial charge in [-0.25, -0.2) is 4.98 Å². The highest BCUT2D eigenvalue weighted by Crippen LogP contribution is 2.35. The summed E-state index contributed by atoms with van der Waals surface area (Å²) in [6, 6.07) is 12.1. The van der Waals surface area contributed by atoms with Gasteiger partial charge in [-0.05, 0) is 24.3 Å². The second-order valence-electron chi connectivity index (χ2n) is 5.80. The van der Waals surface area contributed by atoms with Gasteiger partial charge >= 0.3 is 6.18 Å². The predicted molar refractivity (Wildman–Crippen MR) is 91.2 cm³/mol. The Bertz CT molecular complexity index is 755. The monoisotopic (exact) mass is 345 g/mol. The fraction of sp³-hybridized carbons (Fsp3) is 0.316. The Hall–Kier alpha value is -2.52. The molecule has 0 aliphatic carbocycles. The van der Waals surface area contributed by atoms with E-state index in [1.54, 1.807) is 4.90 Å². The number of aromatic nitrogens is 1. The first kappa shape index (κ1) is 17.3. The van der Waals surface area contributed by atoms with Crippen molar-refractivity contribution in [3.63, 3.8) is 0 Å². The lowest BCUT2D eigenvalue weighted by molar-refractivity contribution is -0.137. The van der Waals surface area contributed by atoms with Crippen molar-refractivity contribution in [2.45, 2.75) is 6.18 Å². The van der Waals surface area contributed by atoms with Crippen molar-refractivity contribution in [1.29, 1.82) is 0 Å². The van der Waals surface area contributed by atoms with Crippen LogP contribution < -0.4 is 4.90 Å². The van der Waals surface area contributed by atoms with Gasteiger partial charge in [-0.15, -0.1) is 0 Å². The maximum atomic E-state index is 13.1. The molecule has 0 amide bonds. The van der Waals surface area contributed by atoms with E-state index < -0.39 is 11.7 Å². The smallest absolute Gasteiger partial charge is 0.354 e. The first-order valence-corrected chi connectivity index (χ1v) is 8.07. The number of halogens is 3. The van der Waals surface area contributed by atoms with E-state index in [1.165, 1.54) is 12.3 Å². The van der Waals surface area contributed by atoms with Crippen LogP contribution in [0, 0.1) is 11.8 Å². The molecule has 1 aliphatic heterocycles. The molecule has 0 radical (unpaired) electrons. The summed E-state index contributed by atoms with van der Waals surface area (Å²) in [4.78, 5) is 7.79. The molecule has 0 spiro atoms. The van der Waals surface area contributed by atoms with E-state index >= 15 is 0 Å². The van der Waals surface area contributed by atoms with Gasteiger partial charge < -0.3 is 4.90 Å². The van der Waals surface area contributed by atoms with Crippen LogP contribution in [0.4, 0.5) is 19.0 Å². The predicted octanol–water partition coefficient (Wildman–Crippen LogP) is 3.27. The number of hydrogen-bond donors (Lipinski definition) is 0. The number of hydrogen-bond acceptors (Lipinski definition) is 3. The zero-order valence-electron chi connectivity index (χ0n) is 13.6. The number of alkyl halides is 3. The second kappa shape index (κ2) is 7.58. The van der Waals surface area contributed by atoms with Gasteiger partial charge in [0.15, 0.2) is 0 Å². The van der Waals surface area contributed by atoms with Crippen LogP contribution >= 0.6 is 0 Å². The molecule has 2 heterocycles. The van der Waals surface area contributed by atoms with Crippen LogP contribution in [0.2, 0.25) is 0 Å². The molecule has 0 atom stereocenters. The van der Waals surface area contributed by atoms with Crippen LogP contribution in [0.1, 0.15) is 11.1 Å². The van der Waals surface area contributed by atoms with Gasteiger partial charge in [-0.2, -0.15) is 13.2 Å². The quantitative estimate of drug-likeness (QED) is 0.779. The van der Waals surface area contributed by atoms with E-state index in [-0.39, 0.29) is 5.82 Å². The van der Waals surface area contributed by atoms with Gasteiger partial charge in [0, 0.05) is 37.9 Å². The summed E-state index contributed by atoms with van der Waals surface area (Å²) in [5.74, 6) is 6.24. The molecule has 0 saturated carbocycles. The number of piperazine rings is 1. The fourth-order valence-corrected chi connectivity index (χ4v) is 2.76. The lowest BCUT2D eigenvalue weighted by Gasteiger charge is -2.35. The third kappa shape index (κ3) is 4.52. The summed E-state index contributed by atoms with van der Waals surface area (Å²) in [5, 5.41) is 0. The van der Waals surface area contributed by atoms with Gasteiger partial charge in [0.1, 0.15) is 5.82 Å². The highest BCUT2D eigenvalue weighted by atomic mass is 19.4. The molecule has 0 unspecified atom stereocenters. The summed E-state index contributed by atoms with van der Waals surface area (Å²) in [5.41, 5.74) is 0.289. The SMILES string of the molecule is FC(F)(F)c1cccnc1N1CCN(CC#Cc2ccccc2)CC1. The van der Waals surface area contributed by atoms with E-state index in [4.69, 9.17) is 0 Å². The van der Waals surface area contributed by atoms with Crippen LogP contribution in [0.25, 0.3) is 0 Å². The molecule has 0 N–H and O–H groups in total. The van der Waals surface area contributed by atoms with Crippen molar-refractivity contribution in [3.05, 3.63) is 59.8 Å². The summed E-state index contributed by atoms with van der Waals surface area (Å²) in [6.07, 6.45) is -2.98. The van der Waals surface area contributed by atoms with Crippen LogP contribution in [0.5, 0.6) is 0 Å². The van der Waals surface area contributed by atoms with Crippen LogP contribution in [-0.4, -0.2) is 42.6 Å². The third-order valence-electron chi connectivity index (χ3n) is 4.07. The van der Waals surface area contributed by atoms with Crippen LogP contribution in [0.15, 0.2) is 48.7 Å². The highest BCUT2D eigenvalue weighted by molar-refractivity contribution is 5.48. The standard InChI is InChI=1S/C19H18F3N3/c20-19(21,22)17-9-4-10-23-18(17)25-14-12-24(13-15-25)11-5-8-16-6-2-1-3-7-16/h1-4,6-7,9-10H,11-15H2. The van der Waals surface area contributed by atoms with E-state index in [0.29, 0.717) is 32.7 Å². The Morgan fingerprint density at radius 2 is 1.68 bits per heavy atom. The molecule has 3 nitrogen and oxygen atoms in total. The Morgan fingerprint density at radius 1 is 0.960 bits per heavy atom. The van der Waals surface area contributed by atoms with Crippen LogP contribution in [0.3, 0.4) is 0 Å². The molecule has 1 aromatic heterocycles. The van der Waals surface area contributed by atoms with Gasteiger partial charge in [0.05, 0.1) is 12.1 Å². The highest BCUT2D eigenvalue weighted by Gasteiger charge is 2.36. The number of nitrogens with zero attached hydrogens (tertiary/aromatic N) is 3. The maximum absolute atomic E-state index is 13.1. The summed E-state index contributed by atoms with van der Waals surface area (Å²) in [7, 11) is 0. The molecule has 3 rings (SSSR count). The maximum Gasteiger partial charge on any atom is 0.419 e. The molecule has 1 aromatic carbocycles. The molecule has 0 bridgehead atoms. The molecule has 1 saturated heterocycles. The molecule has 1 fully saturated rings. The number of benzene rings is 1. The zero-order valence-corrected chi connectivity index (χ0v) is 13.6. The van der Waals surface area contributed by atoms with E-state index in [1.807, 2.05) is 30.3 Å². The molecule has 130 valence electrons. The van der Waals surface area contributed by atoms with E-state index in [0.717, 1.165) is 11.6 Å². The second-order valence-corrected chi connectivity index (χ2v) is 5.80. The Morgan fingerprint density at radius 3 is 2.36 bits per heavy atom. The average molecular weight is 345 g/mol. The number of pyridine rings is 1. The minimum Gasteiger partial charge on any atom is -0.354 e. The van der Waals surface area contributed by atoms with Crippen molar-refractivity contribution >= 4 is 5.82 Å². The van der Waals surface area contributed by atoms with Gasteiger partial charge in [-0.1, -0.05) is 30.0 Å². The van der Waals surface area contributed by atoms with E-state index in [9.17, 15) is 13.2 Å². The molecular weight excluding hydrogens is 327 g/mol. The first-order chi connectivity index (χ1) is 12.0. The first-order valence-electron chi connectivity index (χ1n) is 8.07. The van der Waals surface area contributed by atoms with Gasteiger partial charge in [-0.3, -0.25) is 4.90 Å². The van der Waals surface area contributed by atoms with E-state index in [2.05, 4.69) is 21.7 Å². The minimum atomic E-state index is -4.39. The normalized spacial score (nSPS) is 15.6. The van der Waals surface area contributed by atoms with Gasteiger partial charge in [0.2, 0.25) is 0 Å². The number of anilines is 1. The van der Waals surface area contributed by atoms with Crippen molar-refractivity contribution in [2.75, 3.05) is 37.6 Å². The molecule has 6 heteroatoms. The summed E-state index contributed by atoms with van der Waals surface area (Å²) >= 11 is 0. The lowest BCUT2D eigenvalue weighted by Crippen LogP contribution is -2.47. The third-order valence-corrected chi connectivity index (χ3v) is 4.07. The largest absolute Gasteiger partial charge is 0.419 e. The van der Waals surface area contributed by atoms with Gasteiger partial charge in [0.25, 0.3) is 0 Å². The Labute approximate surface area is 145 Å². The van der Waals surface area contributed by atoms with Crippen molar-refractivity contribution in [2.24, 2.45) is 0 Å².